The summed E-state index contributed by atoms with van der Waals surface area (Å²) in [5, 5.41) is 8.41. The minimum atomic E-state index is -0.768. The first-order chi connectivity index (χ1) is 6.59. The van der Waals surface area contributed by atoms with E-state index < -0.39 is 5.97 Å². The Bertz CT molecular complexity index is 271. The number of ketones is 1. The van der Waals surface area contributed by atoms with Crippen molar-refractivity contribution in [2.75, 3.05) is 0 Å². The standard InChI is InChI=1S/C10H13BrO3/c11-8-5-7(9(12)6-8)3-1-2-4-10(13)14/h5,8H,1-4,6H2,(H,13,14). The lowest BCUT2D eigenvalue weighted by Gasteiger charge is -1.98. The van der Waals surface area contributed by atoms with Gasteiger partial charge >= 0.3 is 5.97 Å². The van der Waals surface area contributed by atoms with Crippen LogP contribution in [0.3, 0.4) is 0 Å². The lowest BCUT2D eigenvalue weighted by atomic mass is 10.1. The number of unbranched alkanes of at least 4 members (excludes halogenated alkanes) is 1. The minimum Gasteiger partial charge on any atom is -0.481 e. The first-order valence-electron chi connectivity index (χ1n) is 4.69. The summed E-state index contributed by atoms with van der Waals surface area (Å²) in [5.41, 5.74) is 0.859. The summed E-state index contributed by atoms with van der Waals surface area (Å²) in [6.45, 7) is 0. The highest BCUT2D eigenvalue weighted by Crippen LogP contribution is 2.24. The van der Waals surface area contributed by atoms with Crippen molar-refractivity contribution in [1.29, 1.82) is 0 Å². The predicted molar refractivity (Wildman–Crippen MR) is 56.5 cm³/mol. The zero-order chi connectivity index (χ0) is 10.6. The average molecular weight is 261 g/mol. The SMILES string of the molecule is O=C(O)CCCCC1=CC(Br)CC1=O. The van der Waals surface area contributed by atoms with Gasteiger partial charge in [-0.05, 0) is 24.8 Å². The molecule has 1 aliphatic rings. The van der Waals surface area contributed by atoms with Crippen LogP contribution in [0.4, 0.5) is 0 Å². The summed E-state index contributed by atoms with van der Waals surface area (Å²) in [4.78, 5) is 21.7. The molecule has 1 atom stereocenters. The Morgan fingerprint density at radius 2 is 2.29 bits per heavy atom. The lowest BCUT2D eigenvalue weighted by Crippen LogP contribution is -1.98. The number of hydrogen-bond donors (Lipinski definition) is 1. The van der Waals surface area contributed by atoms with E-state index in [-0.39, 0.29) is 17.0 Å². The van der Waals surface area contributed by atoms with E-state index in [0.29, 0.717) is 19.3 Å². The molecule has 1 aliphatic carbocycles. The van der Waals surface area contributed by atoms with Gasteiger partial charge in [-0.25, -0.2) is 0 Å². The van der Waals surface area contributed by atoms with Gasteiger partial charge in [-0.3, -0.25) is 9.59 Å². The molecule has 4 heteroatoms. The number of Topliss-reactive ketones (excluding diaryl/α,β-unsaturated/α-hetero) is 1. The van der Waals surface area contributed by atoms with Gasteiger partial charge in [0.25, 0.3) is 0 Å². The highest BCUT2D eigenvalue weighted by atomic mass is 79.9. The maximum Gasteiger partial charge on any atom is 0.303 e. The molecule has 0 amide bonds. The molecule has 0 saturated carbocycles. The molecule has 0 heterocycles. The predicted octanol–water partition coefficient (Wildman–Crippen LogP) is 2.29. The van der Waals surface area contributed by atoms with Crippen LogP contribution in [0.1, 0.15) is 32.1 Å². The number of rotatable bonds is 5. The van der Waals surface area contributed by atoms with E-state index in [1.54, 1.807) is 0 Å². The molecule has 0 saturated heterocycles. The van der Waals surface area contributed by atoms with Gasteiger partial charge in [0, 0.05) is 17.7 Å². The van der Waals surface area contributed by atoms with Crippen LogP contribution in [0.15, 0.2) is 11.6 Å². The minimum absolute atomic E-state index is 0.185. The Balaban J connectivity index is 2.22. The molecule has 0 aromatic heterocycles. The van der Waals surface area contributed by atoms with Gasteiger partial charge in [0.05, 0.1) is 0 Å². The van der Waals surface area contributed by atoms with Crippen molar-refractivity contribution in [2.45, 2.75) is 36.9 Å². The molecule has 0 fully saturated rings. The highest BCUT2D eigenvalue weighted by Gasteiger charge is 2.20. The topological polar surface area (TPSA) is 54.4 Å². The van der Waals surface area contributed by atoms with Crippen molar-refractivity contribution < 1.29 is 14.7 Å². The molecule has 0 aliphatic heterocycles. The molecule has 1 unspecified atom stereocenters. The Morgan fingerprint density at radius 3 is 2.79 bits per heavy atom. The number of halogens is 1. The number of carbonyl (C=O) groups excluding carboxylic acids is 1. The molecular formula is C10H13BrO3. The number of alkyl halides is 1. The number of carboxylic acids is 1. The Kier molecular flexibility index (Phi) is 4.32. The van der Waals surface area contributed by atoms with Crippen molar-refractivity contribution in [3.63, 3.8) is 0 Å². The zero-order valence-electron chi connectivity index (χ0n) is 7.83. The number of aliphatic carboxylic acids is 1. The van der Waals surface area contributed by atoms with E-state index in [0.717, 1.165) is 12.0 Å². The normalized spacial score (nSPS) is 21.1. The molecule has 14 heavy (non-hydrogen) atoms. The summed E-state index contributed by atoms with van der Waals surface area (Å²) in [6.07, 6.45) is 4.82. The van der Waals surface area contributed by atoms with Gasteiger partial charge in [0.1, 0.15) is 0 Å². The fourth-order valence-electron chi connectivity index (χ4n) is 1.49. The third kappa shape index (κ3) is 3.62. The fourth-order valence-corrected chi connectivity index (χ4v) is 2.11. The van der Waals surface area contributed by atoms with Crippen LogP contribution in [0.25, 0.3) is 0 Å². The molecule has 0 aromatic carbocycles. The van der Waals surface area contributed by atoms with Crippen LogP contribution in [0.5, 0.6) is 0 Å². The van der Waals surface area contributed by atoms with Gasteiger partial charge in [-0.15, -0.1) is 0 Å². The van der Waals surface area contributed by atoms with E-state index in [1.165, 1.54) is 0 Å². The van der Waals surface area contributed by atoms with Gasteiger partial charge in [-0.1, -0.05) is 22.0 Å². The van der Waals surface area contributed by atoms with Crippen LogP contribution < -0.4 is 0 Å². The van der Waals surface area contributed by atoms with Crippen LogP contribution in [-0.4, -0.2) is 21.7 Å². The largest absolute Gasteiger partial charge is 0.481 e. The summed E-state index contributed by atoms with van der Waals surface area (Å²) in [6, 6.07) is 0. The van der Waals surface area contributed by atoms with Crippen molar-refractivity contribution in [1.82, 2.24) is 0 Å². The monoisotopic (exact) mass is 260 g/mol. The maximum atomic E-state index is 11.3. The second kappa shape index (κ2) is 5.29. The maximum absolute atomic E-state index is 11.3. The number of allylic oxidation sites excluding steroid dienone is 2. The highest BCUT2D eigenvalue weighted by molar-refractivity contribution is 9.09. The summed E-state index contributed by atoms with van der Waals surface area (Å²) >= 11 is 3.36. The Hall–Kier alpha value is -0.640. The van der Waals surface area contributed by atoms with Gasteiger partial charge < -0.3 is 5.11 Å². The zero-order valence-corrected chi connectivity index (χ0v) is 9.42. The average Bonchev–Trinajstić information content (AvgIpc) is 2.39. The van der Waals surface area contributed by atoms with Gasteiger partial charge in [-0.2, -0.15) is 0 Å². The smallest absolute Gasteiger partial charge is 0.303 e. The van der Waals surface area contributed by atoms with Gasteiger partial charge in [0.15, 0.2) is 5.78 Å². The van der Waals surface area contributed by atoms with E-state index in [1.807, 2.05) is 6.08 Å². The van der Waals surface area contributed by atoms with Gasteiger partial charge in [0.2, 0.25) is 0 Å². The van der Waals surface area contributed by atoms with E-state index in [9.17, 15) is 9.59 Å². The number of carboxylic acid groups (broad SMARTS) is 1. The van der Waals surface area contributed by atoms with Crippen molar-refractivity contribution in [3.05, 3.63) is 11.6 Å². The van der Waals surface area contributed by atoms with E-state index in [4.69, 9.17) is 5.11 Å². The molecule has 78 valence electrons. The van der Waals surface area contributed by atoms with Crippen LogP contribution in [0.2, 0.25) is 0 Å². The summed E-state index contributed by atoms with van der Waals surface area (Å²) in [7, 11) is 0. The molecule has 0 bridgehead atoms. The fraction of sp³-hybridized carbons (Fsp3) is 0.600. The van der Waals surface area contributed by atoms with Crippen LogP contribution in [-0.2, 0) is 9.59 Å². The third-order valence-corrected chi connectivity index (χ3v) is 2.80. The number of carbonyl (C=O) groups is 2. The summed E-state index contributed by atoms with van der Waals surface area (Å²) in [5.74, 6) is -0.572. The summed E-state index contributed by atoms with van der Waals surface area (Å²) < 4.78 is 0. The van der Waals surface area contributed by atoms with Crippen LogP contribution >= 0.6 is 15.9 Å². The first-order valence-corrected chi connectivity index (χ1v) is 5.61. The van der Waals surface area contributed by atoms with Crippen molar-refractivity contribution >= 4 is 27.7 Å². The second-order valence-corrected chi connectivity index (χ2v) is 4.61. The van der Waals surface area contributed by atoms with E-state index in [2.05, 4.69) is 15.9 Å². The second-order valence-electron chi connectivity index (χ2n) is 3.44. The molecule has 1 rings (SSSR count). The Labute approximate surface area is 91.3 Å². The quantitative estimate of drug-likeness (QED) is 0.610. The molecule has 0 spiro atoms. The van der Waals surface area contributed by atoms with Crippen molar-refractivity contribution in [2.24, 2.45) is 0 Å². The molecule has 1 N–H and O–H groups in total. The molecule has 0 aromatic rings. The number of hydrogen-bond acceptors (Lipinski definition) is 2. The first kappa shape index (κ1) is 11.4. The van der Waals surface area contributed by atoms with Crippen molar-refractivity contribution in [3.8, 4) is 0 Å². The molecular weight excluding hydrogens is 248 g/mol. The lowest BCUT2D eigenvalue weighted by molar-refractivity contribution is -0.137. The third-order valence-electron chi connectivity index (χ3n) is 2.21. The Morgan fingerprint density at radius 1 is 1.57 bits per heavy atom. The molecule has 3 nitrogen and oxygen atoms in total. The van der Waals surface area contributed by atoms with Crippen LogP contribution in [0, 0.1) is 0 Å². The molecule has 0 radical (unpaired) electrons. The van der Waals surface area contributed by atoms with E-state index >= 15 is 0 Å².